The fourth-order valence-electron chi connectivity index (χ4n) is 2.11. The van der Waals surface area contributed by atoms with Gasteiger partial charge in [0.05, 0.1) is 12.5 Å². The third-order valence-electron chi connectivity index (χ3n) is 3.30. The zero-order valence-corrected chi connectivity index (χ0v) is 13.2. The van der Waals surface area contributed by atoms with Crippen LogP contribution < -0.4 is 10.9 Å². The average Bonchev–Trinajstić information content (AvgIpc) is 3.10. The first-order valence-corrected chi connectivity index (χ1v) is 7.47. The number of hydrazine groups is 1. The third-order valence-corrected chi connectivity index (χ3v) is 3.55. The number of carbonyl (C=O) groups is 2. The minimum absolute atomic E-state index is 0.303. The van der Waals surface area contributed by atoms with Crippen LogP contribution in [0.2, 0.25) is 5.02 Å². The van der Waals surface area contributed by atoms with E-state index in [0.717, 1.165) is 5.69 Å². The van der Waals surface area contributed by atoms with Crippen LogP contribution in [0.15, 0.2) is 67.1 Å². The van der Waals surface area contributed by atoms with Crippen molar-refractivity contribution in [2.24, 2.45) is 0 Å². The molecule has 2 aromatic carbocycles. The van der Waals surface area contributed by atoms with Crippen LogP contribution in [0.1, 0.15) is 20.8 Å². The van der Waals surface area contributed by atoms with E-state index in [4.69, 9.17) is 11.6 Å². The molecule has 3 aromatic rings. The highest BCUT2D eigenvalue weighted by Crippen LogP contribution is 2.11. The fraction of sp³-hybridized carbons (Fsp3) is 0. The summed E-state index contributed by atoms with van der Waals surface area (Å²) in [7, 11) is 0. The van der Waals surface area contributed by atoms with Crippen molar-refractivity contribution in [1.29, 1.82) is 0 Å². The van der Waals surface area contributed by atoms with Gasteiger partial charge in [-0.1, -0.05) is 29.8 Å². The molecule has 0 saturated carbocycles. The predicted molar refractivity (Wildman–Crippen MR) is 89.9 cm³/mol. The molecule has 0 unspecified atom stereocenters. The molecule has 0 aliphatic carbocycles. The zero-order valence-electron chi connectivity index (χ0n) is 12.4. The van der Waals surface area contributed by atoms with Gasteiger partial charge in [-0.05, 0) is 36.4 Å². The Morgan fingerprint density at radius 3 is 2.29 bits per heavy atom. The summed E-state index contributed by atoms with van der Waals surface area (Å²) in [6, 6.07) is 15.6. The number of para-hydroxylation sites is 1. The van der Waals surface area contributed by atoms with E-state index in [1.807, 2.05) is 30.3 Å². The summed E-state index contributed by atoms with van der Waals surface area (Å²) in [4.78, 5) is 28.3. The van der Waals surface area contributed by atoms with Crippen LogP contribution in [0.4, 0.5) is 0 Å². The number of nitrogens with zero attached hydrogens (tertiary/aromatic N) is 2. The second-order valence-electron chi connectivity index (χ2n) is 4.90. The summed E-state index contributed by atoms with van der Waals surface area (Å²) in [5.41, 5.74) is 6.22. The van der Waals surface area contributed by atoms with Crippen LogP contribution in [0.25, 0.3) is 5.69 Å². The molecule has 1 heterocycles. The van der Waals surface area contributed by atoms with Crippen LogP contribution in [-0.2, 0) is 0 Å². The molecule has 1 aromatic heterocycles. The molecule has 0 radical (unpaired) electrons. The molecular weight excluding hydrogens is 328 g/mol. The normalized spacial score (nSPS) is 10.2. The monoisotopic (exact) mass is 340 g/mol. The first kappa shape index (κ1) is 15.8. The molecule has 0 atom stereocenters. The van der Waals surface area contributed by atoms with Crippen LogP contribution in [-0.4, -0.2) is 21.4 Å². The first-order valence-electron chi connectivity index (χ1n) is 7.09. The second kappa shape index (κ2) is 6.97. The van der Waals surface area contributed by atoms with Crippen molar-refractivity contribution in [3.63, 3.8) is 0 Å². The van der Waals surface area contributed by atoms with E-state index < -0.39 is 11.8 Å². The Morgan fingerprint density at radius 1 is 0.917 bits per heavy atom. The summed E-state index contributed by atoms with van der Waals surface area (Å²) >= 11 is 5.78. The molecule has 0 fully saturated rings. The van der Waals surface area contributed by atoms with Gasteiger partial charge in [0.2, 0.25) is 0 Å². The zero-order chi connectivity index (χ0) is 16.9. The number of halogens is 1. The van der Waals surface area contributed by atoms with Gasteiger partial charge in [-0.15, -0.1) is 0 Å². The molecule has 2 amide bonds. The average molecular weight is 341 g/mol. The van der Waals surface area contributed by atoms with Crippen molar-refractivity contribution in [2.45, 2.75) is 0 Å². The number of hydrogen-bond donors (Lipinski definition) is 2. The number of hydrogen-bond acceptors (Lipinski definition) is 3. The Balaban J connectivity index is 1.69. The van der Waals surface area contributed by atoms with Crippen molar-refractivity contribution < 1.29 is 9.59 Å². The molecule has 0 saturated heterocycles. The van der Waals surface area contributed by atoms with E-state index in [-0.39, 0.29) is 0 Å². The van der Waals surface area contributed by atoms with Crippen molar-refractivity contribution in [2.75, 3.05) is 0 Å². The quantitative estimate of drug-likeness (QED) is 0.719. The standard InChI is InChI=1S/C17H13ClN4O2/c18-13-8-6-12(7-9-13)16(23)20-21-17(24)15-10-19-11-22(15)14-4-2-1-3-5-14/h1-11H,(H,20,23)(H,21,24). The highest BCUT2D eigenvalue weighted by atomic mass is 35.5. The minimum Gasteiger partial charge on any atom is -0.295 e. The van der Waals surface area contributed by atoms with Crippen LogP contribution >= 0.6 is 11.6 Å². The van der Waals surface area contributed by atoms with E-state index in [1.165, 1.54) is 12.5 Å². The number of amides is 2. The van der Waals surface area contributed by atoms with E-state index in [9.17, 15) is 9.59 Å². The number of aromatic nitrogens is 2. The highest BCUT2D eigenvalue weighted by Gasteiger charge is 2.14. The maximum Gasteiger partial charge on any atom is 0.288 e. The molecule has 2 N–H and O–H groups in total. The molecule has 24 heavy (non-hydrogen) atoms. The topological polar surface area (TPSA) is 76.0 Å². The van der Waals surface area contributed by atoms with Gasteiger partial charge in [-0.25, -0.2) is 4.98 Å². The van der Waals surface area contributed by atoms with Gasteiger partial charge in [0.1, 0.15) is 5.69 Å². The molecule has 7 heteroatoms. The van der Waals surface area contributed by atoms with Gasteiger partial charge in [-0.2, -0.15) is 0 Å². The second-order valence-corrected chi connectivity index (χ2v) is 5.34. The number of rotatable bonds is 3. The molecule has 0 aliphatic rings. The summed E-state index contributed by atoms with van der Waals surface area (Å²) < 4.78 is 1.63. The van der Waals surface area contributed by atoms with Gasteiger partial charge >= 0.3 is 0 Å². The number of carbonyl (C=O) groups excluding carboxylic acids is 2. The summed E-state index contributed by atoms with van der Waals surface area (Å²) in [5, 5.41) is 0.530. The smallest absolute Gasteiger partial charge is 0.288 e. The lowest BCUT2D eigenvalue weighted by Gasteiger charge is -2.10. The number of imidazole rings is 1. The SMILES string of the molecule is O=C(NNC(=O)c1cncn1-c1ccccc1)c1ccc(Cl)cc1. The summed E-state index contributed by atoms with van der Waals surface area (Å²) in [5.74, 6) is -0.913. The maximum atomic E-state index is 12.3. The lowest BCUT2D eigenvalue weighted by atomic mass is 10.2. The van der Waals surface area contributed by atoms with Crippen molar-refractivity contribution in [3.8, 4) is 5.69 Å². The lowest BCUT2D eigenvalue weighted by Crippen LogP contribution is -2.42. The first-order chi connectivity index (χ1) is 11.6. The van der Waals surface area contributed by atoms with Gasteiger partial charge in [-0.3, -0.25) is 25.0 Å². The third kappa shape index (κ3) is 3.44. The van der Waals surface area contributed by atoms with Crippen molar-refractivity contribution in [1.82, 2.24) is 20.4 Å². The Labute approximate surface area is 143 Å². The van der Waals surface area contributed by atoms with Gasteiger partial charge in [0.15, 0.2) is 0 Å². The largest absolute Gasteiger partial charge is 0.295 e. The molecule has 120 valence electrons. The molecule has 0 aliphatic heterocycles. The van der Waals surface area contributed by atoms with Crippen LogP contribution in [0.3, 0.4) is 0 Å². The maximum absolute atomic E-state index is 12.3. The van der Waals surface area contributed by atoms with Crippen LogP contribution in [0, 0.1) is 0 Å². The Kier molecular flexibility index (Phi) is 4.58. The summed E-state index contributed by atoms with van der Waals surface area (Å²) in [6.45, 7) is 0. The molecular formula is C17H13ClN4O2. The minimum atomic E-state index is -0.473. The summed E-state index contributed by atoms with van der Waals surface area (Å²) in [6.07, 6.45) is 2.96. The number of nitrogens with one attached hydrogen (secondary N) is 2. The molecule has 3 rings (SSSR count). The van der Waals surface area contributed by atoms with Crippen molar-refractivity contribution in [3.05, 3.63) is 83.4 Å². The Hall–Kier alpha value is -3.12. The van der Waals surface area contributed by atoms with Gasteiger partial charge in [0, 0.05) is 16.3 Å². The lowest BCUT2D eigenvalue weighted by molar-refractivity contribution is 0.0843. The molecule has 0 bridgehead atoms. The molecule has 6 nitrogen and oxygen atoms in total. The van der Waals surface area contributed by atoms with E-state index in [1.54, 1.807) is 28.8 Å². The molecule has 0 spiro atoms. The van der Waals surface area contributed by atoms with Crippen LogP contribution in [0.5, 0.6) is 0 Å². The fourth-order valence-corrected chi connectivity index (χ4v) is 2.23. The number of benzene rings is 2. The van der Waals surface area contributed by atoms with Gasteiger partial charge < -0.3 is 0 Å². The van der Waals surface area contributed by atoms with Crippen molar-refractivity contribution >= 4 is 23.4 Å². The Morgan fingerprint density at radius 2 is 1.58 bits per heavy atom. The van der Waals surface area contributed by atoms with E-state index >= 15 is 0 Å². The Bertz CT molecular complexity index is 860. The van der Waals surface area contributed by atoms with Gasteiger partial charge in [0.25, 0.3) is 11.8 Å². The van der Waals surface area contributed by atoms with E-state index in [2.05, 4.69) is 15.8 Å². The predicted octanol–water partition coefficient (Wildman–Crippen LogP) is 2.60. The highest BCUT2D eigenvalue weighted by molar-refractivity contribution is 6.30. The van der Waals surface area contributed by atoms with E-state index in [0.29, 0.717) is 16.3 Å².